The molecule has 2 saturated heterocycles. The standard InChI is InChI=1S/C21H34B2O10/c1-12-20(9,28-14(3)26-12)23-16(29-18(4,5)6)32-33-19(7,8)30-15(25-11)22-21(10)13(2)27-17(24)31-21/h15-16,22-23H,1-3H2,4-11H3. The summed E-state index contributed by atoms with van der Waals surface area (Å²) in [4.78, 5) is 22.7. The zero-order valence-electron chi connectivity index (χ0n) is 20.8. The lowest BCUT2D eigenvalue weighted by atomic mass is 9.59. The first kappa shape index (κ1) is 27.3. The van der Waals surface area contributed by atoms with Crippen LogP contribution in [0.25, 0.3) is 0 Å². The van der Waals surface area contributed by atoms with Gasteiger partial charge in [-0.2, -0.15) is 4.89 Å². The largest absolute Gasteiger partial charge is 0.513 e. The van der Waals surface area contributed by atoms with Crippen molar-refractivity contribution in [3.8, 4) is 0 Å². The molecule has 33 heavy (non-hydrogen) atoms. The van der Waals surface area contributed by atoms with Gasteiger partial charge in [-0.05, 0) is 55.0 Å². The number of hydrogen-bond acceptors (Lipinski definition) is 10. The van der Waals surface area contributed by atoms with Gasteiger partial charge in [-0.1, -0.05) is 13.2 Å². The maximum absolute atomic E-state index is 11.5. The van der Waals surface area contributed by atoms with Gasteiger partial charge in [0.2, 0.25) is 0 Å². The summed E-state index contributed by atoms with van der Waals surface area (Å²) in [5.41, 5.74) is -2.58. The maximum Gasteiger partial charge on any atom is 0.513 e. The Bertz CT molecular complexity index is 792. The smallest absolute Gasteiger partial charge is 0.460 e. The summed E-state index contributed by atoms with van der Waals surface area (Å²) in [6.45, 7) is 23.6. The molecule has 0 saturated carbocycles. The van der Waals surface area contributed by atoms with Crippen LogP contribution < -0.4 is 0 Å². The Morgan fingerprint density at radius 1 is 0.879 bits per heavy atom. The summed E-state index contributed by atoms with van der Waals surface area (Å²) in [6.07, 6.45) is -2.53. The number of carbonyl (C=O) groups is 1. The Morgan fingerprint density at radius 2 is 1.42 bits per heavy atom. The third kappa shape index (κ3) is 7.51. The highest BCUT2D eigenvalue weighted by Crippen LogP contribution is 2.34. The highest BCUT2D eigenvalue weighted by Gasteiger charge is 2.47. The molecule has 184 valence electrons. The van der Waals surface area contributed by atoms with Gasteiger partial charge in [-0.3, -0.25) is 0 Å². The van der Waals surface area contributed by atoms with Crippen LogP contribution >= 0.6 is 0 Å². The second kappa shape index (κ2) is 9.71. The van der Waals surface area contributed by atoms with Crippen molar-refractivity contribution in [2.24, 2.45) is 0 Å². The normalized spacial score (nSPS) is 27.4. The first-order valence-electron chi connectivity index (χ1n) is 10.6. The van der Waals surface area contributed by atoms with Crippen molar-refractivity contribution >= 4 is 20.7 Å². The minimum Gasteiger partial charge on any atom is -0.460 e. The van der Waals surface area contributed by atoms with E-state index in [1.165, 1.54) is 7.11 Å². The van der Waals surface area contributed by atoms with Crippen LogP contribution in [0.1, 0.15) is 48.5 Å². The van der Waals surface area contributed by atoms with Crippen LogP contribution in [0.15, 0.2) is 37.2 Å². The number of ether oxygens (including phenoxy) is 7. The summed E-state index contributed by atoms with van der Waals surface area (Å²) in [6, 6.07) is 0. The molecule has 4 unspecified atom stereocenters. The van der Waals surface area contributed by atoms with Gasteiger partial charge in [0.25, 0.3) is 20.5 Å². The molecule has 2 heterocycles. The predicted molar refractivity (Wildman–Crippen MR) is 121 cm³/mol. The van der Waals surface area contributed by atoms with E-state index >= 15 is 0 Å². The highest BCUT2D eigenvalue weighted by atomic mass is 17.3. The fourth-order valence-electron chi connectivity index (χ4n) is 3.16. The molecule has 2 aliphatic rings. The molecule has 12 heteroatoms. The van der Waals surface area contributed by atoms with Crippen molar-refractivity contribution in [3.05, 3.63) is 37.2 Å². The first-order valence-corrected chi connectivity index (χ1v) is 10.6. The lowest BCUT2D eigenvalue weighted by molar-refractivity contribution is -0.464. The van der Waals surface area contributed by atoms with E-state index in [0.29, 0.717) is 5.76 Å². The molecule has 0 aromatic rings. The zero-order valence-corrected chi connectivity index (χ0v) is 20.8. The Morgan fingerprint density at radius 3 is 1.88 bits per heavy atom. The second-order valence-corrected chi connectivity index (χ2v) is 9.77. The molecule has 0 bridgehead atoms. The van der Waals surface area contributed by atoms with Gasteiger partial charge in [-0.15, -0.1) is 0 Å². The molecule has 0 amide bonds. The number of methoxy groups -OCH3 is 1. The number of cyclic esters (lactones) is 2. The van der Waals surface area contributed by atoms with E-state index < -0.39 is 40.9 Å². The SMILES string of the molecule is C=C1OC(=C)C(C)(BC(OOC(C)(C)OC(BC2(C)OC(=O)OC2=C)OC)OC(C)(C)C)O1. The molecule has 0 spiro atoms. The van der Waals surface area contributed by atoms with Crippen molar-refractivity contribution in [2.75, 3.05) is 7.11 Å². The van der Waals surface area contributed by atoms with E-state index in [2.05, 4.69) is 19.7 Å². The molecule has 0 aromatic heterocycles. The van der Waals surface area contributed by atoms with Crippen LogP contribution in [0.3, 0.4) is 0 Å². The Labute approximate surface area is 196 Å². The van der Waals surface area contributed by atoms with Crippen LogP contribution in [0.4, 0.5) is 4.79 Å². The van der Waals surface area contributed by atoms with E-state index in [9.17, 15) is 4.79 Å². The van der Waals surface area contributed by atoms with Crippen LogP contribution in [0, 0.1) is 0 Å². The minimum absolute atomic E-state index is 0.119. The molecule has 0 aromatic carbocycles. The molecule has 10 nitrogen and oxygen atoms in total. The van der Waals surface area contributed by atoms with Gasteiger partial charge in [0.15, 0.2) is 12.0 Å². The summed E-state index contributed by atoms with van der Waals surface area (Å²) >= 11 is 0. The molecule has 2 fully saturated rings. The number of carbonyl (C=O) groups excluding carboxylic acids is 1. The maximum atomic E-state index is 11.5. The van der Waals surface area contributed by atoms with Crippen molar-refractivity contribution in [2.45, 2.75) is 83.2 Å². The fraction of sp³-hybridized carbons (Fsp3) is 0.667. The lowest BCUT2D eigenvalue weighted by Gasteiger charge is -2.34. The first-order chi connectivity index (χ1) is 15.0. The van der Waals surface area contributed by atoms with Gasteiger partial charge >= 0.3 is 6.16 Å². The predicted octanol–water partition coefficient (Wildman–Crippen LogP) is 2.73. The summed E-state index contributed by atoms with van der Waals surface area (Å²) in [5.74, 6) is -0.581. The van der Waals surface area contributed by atoms with Crippen LogP contribution in [-0.2, 0) is 42.9 Å². The summed E-state index contributed by atoms with van der Waals surface area (Å²) in [5, 5.41) is 0. The van der Waals surface area contributed by atoms with Crippen LogP contribution in [0.2, 0.25) is 0 Å². The summed E-state index contributed by atoms with van der Waals surface area (Å²) < 4.78 is 38.4. The van der Waals surface area contributed by atoms with E-state index in [-0.39, 0.29) is 26.3 Å². The number of hydrogen-bond donors (Lipinski definition) is 0. The monoisotopic (exact) mass is 468 g/mol. The van der Waals surface area contributed by atoms with Crippen LogP contribution in [-0.4, -0.2) is 62.6 Å². The van der Waals surface area contributed by atoms with Crippen molar-refractivity contribution in [1.29, 1.82) is 0 Å². The number of rotatable bonds is 11. The lowest BCUT2D eigenvalue weighted by Crippen LogP contribution is -2.49. The Hall–Kier alpha value is -1.98. The van der Waals surface area contributed by atoms with Gasteiger partial charge < -0.3 is 33.2 Å². The average Bonchev–Trinajstić information content (AvgIpc) is 3.03. The molecule has 4 atom stereocenters. The molecule has 0 N–H and O–H groups in total. The van der Waals surface area contributed by atoms with Crippen molar-refractivity contribution < 1.29 is 47.7 Å². The molecule has 0 aliphatic carbocycles. The van der Waals surface area contributed by atoms with Gasteiger partial charge in [0, 0.05) is 7.11 Å². The topological polar surface area (TPSA) is 100 Å². The minimum atomic E-state index is -1.28. The second-order valence-electron chi connectivity index (χ2n) is 9.77. The zero-order chi connectivity index (χ0) is 25.2. The van der Waals surface area contributed by atoms with E-state index in [4.69, 9.17) is 42.9 Å². The molecule has 2 aliphatic heterocycles. The van der Waals surface area contributed by atoms with Gasteiger partial charge in [0.1, 0.15) is 28.7 Å². The molecule has 2 rings (SSSR count). The third-order valence-corrected chi connectivity index (χ3v) is 4.90. The van der Waals surface area contributed by atoms with Crippen molar-refractivity contribution in [3.63, 3.8) is 0 Å². The van der Waals surface area contributed by atoms with Gasteiger partial charge in [0.05, 0.1) is 5.60 Å². The van der Waals surface area contributed by atoms with E-state index in [1.54, 1.807) is 27.7 Å². The molecular weight excluding hydrogens is 434 g/mol. The van der Waals surface area contributed by atoms with E-state index in [1.807, 2.05) is 20.8 Å². The summed E-state index contributed by atoms with van der Waals surface area (Å²) in [7, 11) is 1.78. The van der Waals surface area contributed by atoms with Gasteiger partial charge in [-0.25, -0.2) is 9.68 Å². The highest BCUT2D eigenvalue weighted by molar-refractivity contribution is 6.42. The molecule has 0 radical (unpaired) electrons. The fourth-order valence-corrected chi connectivity index (χ4v) is 3.16. The Kier molecular flexibility index (Phi) is 8.02. The van der Waals surface area contributed by atoms with Crippen molar-refractivity contribution in [1.82, 2.24) is 0 Å². The third-order valence-electron chi connectivity index (χ3n) is 4.90. The average molecular weight is 468 g/mol. The quantitative estimate of drug-likeness (QED) is 0.148. The Balaban J connectivity index is 2.03. The molecular formula is C21H34B2O10. The van der Waals surface area contributed by atoms with E-state index in [0.717, 1.165) is 0 Å². The van der Waals surface area contributed by atoms with Crippen LogP contribution in [0.5, 0.6) is 0 Å².